The Kier molecular flexibility index (Phi) is 6.77. The van der Waals surface area contributed by atoms with E-state index in [0.717, 1.165) is 31.6 Å². The van der Waals surface area contributed by atoms with E-state index in [4.69, 9.17) is 0 Å². The third-order valence-corrected chi connectivity index (χ3v) is 4.36. The minimum absolute atomic E-state index is 0.717. The zero-order valence-corrected chi connectivity index (χ0v) is 14.3. The van der Waals surface area contributed by atoms with Gasteiger partial charge in [-0.1, -0.05) is 12.8 Å². The van der Waals surface area contributed by atoms with E-state index >= 15 is 0 Å². The van der Waals surface area contributed by atoms with Crippen molar-refractivity contribution in [3.05, 3.63) is 24.0 Å². The molecule has 1 heterocycles. The van der Waals surface area contributed by atoms with Crippen LogP contribution in [0.3, 0.4) is 0 Å². The maximum Gasteiger partial charge on any atom is 0.191 e. The highest BCUT2D eigenvalue weighted by molar-refractivity contribution is 5.79. The summed E-state index contributed by atoms with van der Waals surface area (Å²) in [5, 5.41) is 6.76. The van der Waals surface area contributed by atoms with Crippen LogP contribution in [0.15, 0.2) is 23.5 Å². The number of hydrogen-bond acceptors (Lipinski definition) is 2. The van der Waals surface area contributed by atoms with Crippen molar-refractivity contribution in [2.24, 2.45) is 12.0 Å². The van der Waals surface area contributed by atoms with Crippen molar-refractivity contribution in [1.29, 1.82) is 0 Å². The van der Waals surface area contributed by atoms with Gasteiger partial charge in [-0.05, 0) is 38.4 Å². The van der Waals surface area contributed by atoms with Gasteiger partial charge in [-0.3, -0.25) is 0 Å². The third kappa shape index (κ3) is 5.37. The van der Waals surface area contributed by atoms with Crippen LogP contribution in [0.25, 0.3) is 0 Å². The molecule has 5 heteroatoms. The number of aliphatic imine (C=N–C) groups is 1. The van der Waals surface area contributed by atoms with Gasteiger partial charge in [-0.2, -0.15) is 0 Å². The Morgan fingerprint density at radius 2 is 2.14 bits per heavy atom. The smallest absolute Gasteiger partial charge is 0.191 e. The summed E-state index contributed by atoms with van der Waals surface area (Å²) in [7, 11) is 4.28. The Morgan fingerprint density at radius 1 is 1.36 bits per heavy atom. The minimum Gasteiger partial charge on any atom is -0.357 e. The van der Waals surface area contributed by atoms with Gasteiger partial charge in [0.2, 0.25) is 0 Å². The maximum absolute atomic E-state index is 4.65. The highest BCUT2D eigenvalue weighted by atomic mass is 15.2. The van der Waals surface area contributed by atoms with Gasteiger partial charge in [0.1, 0.15) is 0 Å². The first-order valence-electron chi connectivity index (χ1n) is 8.52. The standard InChI is InChI=1S/C17H31N5/c1-4-18-17(20-13-15-9-11-21(2)14-15)19-10-12-22(3)16-7-5-6-8-16/h9,11,14,16H,4-8,10,12-13H2,1-3H3,(H2,18,19,20). The number of aryl methyl sites for hydroxylation is 1. The number of nitrogens with one attached hydrogen (secondary N) is 2. The number of rotatable bonds is 7. The lowest BCUT2D eigenvalue weighted by Gasteiger charge is -2.24. The van der Waals surface area contributed by atoms with Gasteiger partial charge < -0.3 is 20.1 Å². The highest BCUT2D eigenvalue weighted by Crippen LogP contribution is 2.21. The van der Waals surface area contributed by atoms with Crippen LogP contribution < -0.4 is 10.6 Å². The van der Waals surface area contributed by atoms with Crippen LogP contribution in [0.2, 0.25) is 0 Å². The number of likely N-dealkylation sites (N-methyl/N-ethyl adjacent to an activating group) is 1. The fourth-order valence-corrected chi connectivity index (χ4v) is 3.04. The molecule has 1 aromatic heterocycles. The molecule has 1 aliphatic rings. The number of aromatic nitrogens is 1. The minimum atomic E-state index is 0.717. The Labute approximate surface area is 134 Å². The Morgan fingerprint density at radius 3 is 2.77 bits per heavy atom. The second kappa shape index (κ2) is 8.83. The average molecular weight is 305 g/mol. The fourth-order valence-electron chi connectivity index (χ4n) is 3.04. The molecule has 0 atom stereocenters. The monoisotopic (exact) mass is 305 g/mol. The number of guanidine groups is 1. The van der Waals surface area contributed by atoms with Crippen molar-refractivity contribution in [1.82, 2.24) is 20.1 Å². The first-order chi connectivity index (χ1) is 10.7. The predicted molar refractivity (Wildman–Crippen MR) is 93.1 cm³/mol. The van der Waals surface area contributed by atoms with Gasteiger partial charge in [0, 0.05) is 45.1 Å². The van der Waals surface area contributed by atoms with Crippen LogP contribution >= 0.6 is 0 Å². The molecule has 22 heavy (non-hydrogen) atoms. The average Bonchev–Trinajstić information content (AvgIpc) is 3.16. The fraction of sp³-hybridized carbons (Fsp3) is 0.706. The van der Waals surface area contributed by atoms with E-state index in [-0.39, 0.29) is 0 Å². The summed E-state index contributed by atoms with van der Waals surface area (Å²) in [6.45, 7) is 5.71. The molecule has 124 valence electrons. The second-order valence-corrected chi connectivity index (χ2v) is 6.23. The summed E-state index contributed by atoms with van der Waals surface area (Å²) in [5.41, 5.74) is 1.24. The molecule has 0 bridgehead atoms. The van der Waals surface area contributed by atoms with Crippen LogP contribution in [-0.2, 0) is 13.6 Å². The van der Waals surface area contributed by atoms with E-state index in [0.29, 0.717) is 6.54 Å². The van der Waals surface area contributed by atoms with E-state index < -0.39 is 0 Å². The lowest BCUT2D eigenvalue weighted by Crippen LogP contribution is -2.42. The summed E-state index contributed by atoms with van der Waals surface area (Å²) in [4.78, 5) is 7.14. The summed E-state index contributed by atoms with van der Waals surface area (Å²) in [6, 6.07) is 2.90. The Balaban J connectivity index is 1.75. The quantitative estimate of drug-likeness (QED) is 0.598. The molecule has 0 aliphatic heterocycles. The van der Waals surface area contributed by atoms with E-state index in [1.807, 2.05) is 7.05 Å². The summed E-state index contributed by atoms with van der Waals surface area (Å²) in [5.74, 6) is 0.908. The molecule has 0 amide bonds. The summed E-state index contributed by atoms with van der Waals surface area (Å²) >= 11 is 0. The molecule has 2 N–H and O–H groups in total. The molecular formula is C17H31N5. The summed E-state index contributed by atoms with van der Waals surface area (Å²) < 4.78 is 2.06. The van der Waals surface area contributed by atoms with Crippen molar-refractivity contribution in [3.8, 4) is 0 Å². The summed E-state index contributed by atoms with van der Waals surface area (Å²) in [6.07, 6.45) is 9.67. The zero-order valence-electron chi connectivity index (χ0n) is 14.3. The van der Waals surface area contributed by atoms with Crippen molar-refractivity contribution in [2.45, 2.75) is 45.2 Å². The molecule has 5 nitrogen and oxygen atoms in total. The zero-order chi connectivity index (χ0) is 15.8. The SMILES string of the molecule is CCNC(=NCc1ccn(C)c1)NCCN(C)C1CCCC1. The van der Waals surface area contributed by atoms with Crippen LogP contribution in [0.4, 0.5) is 0 Å². The largest absolute Gasteiger partial charge is 0.357 e. The van der Waals surface area contributed by atoms with E-state index in [2.05, 4.69) is 57.5 Å². The second-order valence-electron chi connectivity index (χ2n) is 6.23. The first kappa shape index (κ1) is 16.9. The molecule has 1 aromatic rings. The maximum atomic E-state index is 4.65. The lowest BCUT2D eigenvalue weighted by molar-refractivity contribution is 0.249. The molecule has 1 aliphatic carbocycles. The van der Waals surface area contributed by atoms with Crippen LogP contribution in [0.5, 0.6) is 0 Å². The molecule has 1 saturated carbocycles. The Hall–Kier alpha value is -1.49. The van der Waals surface area contributed by atoms with E-state index in [1.54, 1.807) is 0 Å². The molecule has 0 saturated heterocycles. The van der Waals surface area contributed by atoms with Gasteiger partial charge in [0.25, 0.3) is 0 Å². The van der Waals surface area contributed by atoms with Crippen molar-refractivity contribution >= 4 is 5.96 Å². The molecule has 0 aromatic carbocycles. The van der Waals surface area contributed by atoms with Gasteiger partial charge in [-0.25, -0.2) is 4.99 Å². The number of hydrogen-bond donors (Lipinski definition) is 2. The van der Waals surface area contributed by atoms with E-state index in [9.17, 15) is 0 Å². The van der Waals surface area contributed by atoms with Gasteiger partial charge in [0.15, 0.2) is 5.96 Å². The highest BCUT2D eigenvalue weighted by Gasteiger charge is 2.18. The molecule has 0 unspecified atom stereocenters. The van der Waals surface area contributed by atoms with Crippen molar-refractivity contribution in [2.75, 3.05) is 26.7 Å². The molecule has 1 fully saturated rings. The van der Waals surface area contributed by atoms with Crippen LogP contribution in [0.1, 0.15) is 38.2 Å². The van der Waals surface area contributed by atoms with Crippen LogP contribution in [-0.4, -0.2) is 48.2 Å². The number of nitrogens with zero attached hydrogens (tertiary/aromatic N) is 3. The molecular weight excluding hydrogens is 274 g/mol. The topological polar surface area (TPSA) is 44.6 Å². The Bertz CT molecular complexity index is 459. The molecule has 2 rings (SSSR count). The van der Waals surface area contributed by atoms with Crippen molar-refractivity contribution < 1.29 is 0 Å². The molecule has 0 radical (unpaired) electrons. The van der Waals surface area contributed by atoms with E-state index in [1.165, 1.54) is 31.2 Å². The molecule has 0 spiro atoms. The van der Waals surface area contributed by atoms with Gasteiger partial charge in [0.05, 0.1) is 6.54 Å². The third-order valence-electron chi connectivity index (χ3n) is 4.36. The normalized spacial score (nSPS) is 16.5. The van der Waals surface area contributed by atoms with Crippen molar-refractivity contribution in [3.63, 3.8) is 0 Å². The lowest BCUT2D eigenvalue weighted by atomic mass is 10.2. The van der Waals surface area contributed by atoms with Gasteiger partial charge >= 0.3 is 0 Å². The first-order valence-corrected chi connectivity index (χ1v) is 8.52. The van der Waals surface area contributed by atoms with Crippen LogP contribution in [0, 0.1) is 0 Å². The predicted octanol–water partition coefficient (Wildman–Crippen LogP) is 1.95. The van der Waals surface area contributed by atoms with Gasteiger partial charge in [-0.15, -0.1) is 0 Å².